The van der Waals surface area contributed by atoms with Gasteiger partial charge in [-0.25, -0.2) is 0 Å². The zero-order valence-electron chi connectivity index (χ0n) is 7.21. The van der Waals surface area contributed by atoms with Crippen molar-refractivity contribution in [2.24, 2.45) is 11.8 Å². The number of Topliss-reactive ketones (excluding diaryl/α,β-unsaturated/α-hetero) is 1. The second-order valence-electron chi connectivity index (χ2n) is 3.69. The molecule has 1 saturated carbocycles. The zero-order chi connectivity index (χ0) is 8.43. The summed E-state index contributed by atoms with van der Waals surface area (Å²) < 4.78 is 0. The fourth-order valence-electron chi connectivity index (χ4n) is 1.67. The summed E-state index contributed by atoms with van der Waals surface area (Å²) in [6.45, 7) is 3.97. The third kappa shape index (κ3) is 2.03. The van der Waals surface area contributed by atoms with E-state index in [9.17, 15) is 9.90 Å². The van der Waals surface area contributed by atoms with Gasteiger partial charge in [-0.05, 0) is 18.8 Å². The van der Waals surface area contributed by atoms with Crippen LogP contribution < -0.4 is 0 Å². The maximum absolute atomic E-state index is 11.2. The minimum Gasteiger partial charge on any atom is -0.393 e. The number of ketones is 1. The van der Waals surface area contributed by atoms with Crippen LogP contribution in [0.4, 0.5) is 0 Å². The molecule has 2 nitrogen and oxygen atoms in total. The lowest BCUT2D eigenvalue weighted by Crippen LogP contribution is -2.16. The van der Waals surface area contributed by atoms with Crippen LogP contribution in [-0.4, -0.2) is 17.0 Å². The van der Waals surface area contributed by atoms with Gasteiger partial charge in [-0.3, -0.25) is 4.79 Å². The SMILES string of the molecule is C[C@@H]1C[C@H](C)C(=O)CC[C@@H]1O. The minimum atomic E-state index is -0.260. The molecule has 0 radical (unpaired) electrons. The topological polar surface area (TPSA) is 37.3 Å². The third-order valence-corrected chi connectivity index (χ3v) is 2.62. The molecule has 0 spiro atoms. The van der Waals surface area contributed by atoms with E-state index in [-0.39, 0.29) is 17.9 Å². The van der Waals surface area contributed by atoms with Gasteiger partial charge in [0.25, 0.3) is 0 Å². The van der Waals surface area contributed by atoms with Gasteiger partial charge >= 0.3 is 0 Å². The molecule has 3 atom stereocenters. The first-order valence-electron chi connectivity index (χ1n) is 4.32. The maximum atomic E-state index is 11.2. The van der Waals surface area contributed by atoms with Crippen LogP contribution in [0, 0.1) is 11.8 Å². The van der Waals surface area contributed by atoms with Crippen LogP contribution in [0.2, 0.25) is 0 Å². The van der Waals surface area contributed by atoms with E-state index >= 15 is 0 Å². The van der Waals surface area contributed by atoms with Crippen LogP contribution in [0.1, 0.15) is 33.1 Å². The van der Waals surface area contributed by atoms with Gasteiger partial charge in [0.05, 0.1) is 6.10 Å². The molecule has 0 aromatic rings. The van der Waals surface area contributed by atoms with Gasteiger partial charge in [-0.2, -0.15) is 0 Å². The molecule has 11 heavy (non-hydrogen) atoms. The highest BCUT2D eigenvalue weighted by Crippen LogP contribution is 2.24. The second-order valence-corrected chi connectivity index (χ2v) is 3.69. The zero-order valence-corrected chi connectivity index (χ0v) is 7.21. The summed E-state index contributed by atoms with van der Waals surface area (Å²) >= 11 is 0. The van der Waals surface area contributed by atoms with E-state index in [2.05, 4.69) is 0 Å². The molecule has 0 unspecified atom stereocenters. The molecule has 0 amide bonds. The quantitative estimate of drug-likeness (QED) is 0.538. The molecule has 1 fully saturated rings. The molecule has 0 saturated heterocycles. The van der Waals surface area contributed by atoms with E-state index in [0.717, 1.165) is 6.42 Å². The Labute approximate surface area is 67.6 Å². The number of hydrogen-bond donors (Lipinski definition) is 1. The van der Waals surface area contributed by atoms with Crippen molar-refractivity contribution in [2.45, 2.75) is 39.2 Å². The standard InChI is InChI=1S/C9H16O2/c1-6-5-7(2)9(11)4-3-8(6)10/h6-8,10H,3-5H2,1-2H3/t6-,7+,8+/m1/s1. The summed E-state index contributed by atoms with van der Waals surface area (Å²) in [7, 11) is 0. The summed E-state index contributed by atoms with van der Waals surface area (Å²) in [6.07, 6.45) is 1.81. The summed E-state index contributed by atoms with van der Waals surface area (Å²) in [4.78, 5) is 11.2. The predicted octanol–water partition coefficient (Wildman–Crippen LogP) is 1.37. The largest absolute Gasteiger partial charge is 0.393 e. The summed E-state index contributed by atoms with van der Waals surface area (Å²) in [5.41, 5.74) is 0. The van der Waals surface area contributed by atoms with Crippen LogP contribution in [-0.2, 0) is 4.79 Å². The van der Waals surface area contributed by atoms with Gasteiger partial charge in [0.2, 0.25) is 0 Å². The van der Waals surface area contributed by atoms with E-state index in [1.165, 1.54) is 0 Å². The molecule has 1 rings (SSSR count). The van der Waals surface area contributed by atoms with Crippen LogP contribution >= 0.6 is 0 Å². The molecule has 1 aliphatic carbocycles. The summed E-state index contributed by atoms with van der Waals surface area (Å²) in [5, 5.41) is 9.44. The Bertz CT molecular complexity index is 154. The highest BCUT2D eigenvalue weighted by atomic mass is 16.3. The molecule has 64 valence electrons. The average molecular weight is 156 g/mol. The lowest BCUT2D eigenvalue weighted by Gasteiger charge is -2.15. The number of aliphatic hydroxyl groups is 1. The monoisotopic (exact) mass is 156 g/mol. The van der Waals surface area contributed by atoms with Gasteiger partial charge < -0.3 is 5.11 Å². The molecular weight excluding hydrogens is 140 g/mol. The van der Waals surface area contributed by atoms with Crippen molar-refractivity contribution in [1.82, 2.24) is 0 Å². The first-order valence-corrected chi connectivity index (χ1v) is 4.32. The molecule has 2 heteroatoms. The van der Waals surface area contributed by atoms with Crippen LogP contribution in [0.15, 0.2) is 0 Å². The fraction of sp³-hybridized carbons (Fsp3) is 0.889. The Balaban J connectivity index is 2.58. The lowest BCUT2D eigenvalue weighted by atomic mass is 9.94. The summed E-state index contributed by atoms with van der Waals surface area (Å²) in [6, 6.07) is 0. The average Bonchev–Trinajstić information content (AvgIpc) is 2.05. The number of aliphatic hydroxyl groups excluding tert-OH is 1. The summed E-state index contributed by atoms with van der Waals surface area (Å²) in [5.74, 6) is 0.756. The van der Waals surface area contributed by atoms with E-state index in [0.29, 0.717) is 18.6 Å². The first kappa shape index (κ1) is 8.72. The van der Waals surface area contributed by atoms with Crippen molar-refractivity contribution >= 4 is 5.78 Å². The maximum Gasteiger partial charge on any atom is 0.135 e. The van der Waals surface area contributed by atoms with Crippen molar-refractivity contribution < 1.29 is 9.90 Å². The highest BCUT2D eigenvalue weighted by Gasteiger charge is 2.25. The number of rotatable bonds is 0. The van der Waals surface area contributed by atoms with E-state index in [4.69, 9.17) is 0 Å². The molecule has 0 bridgehead atoms. The van der Waals surface area contributed by atoms with Gasteiger partial charge in [0, 0.05) is 12.3 Å². The van der Waals surface area contributed by atoms with Gasteiger partial charge in [-0.15, -0.1) is 0 Å². The molecule has 1 N–H and O–H groups in total. The van der Waals surface area contributed by atoms with Crippen molar-refractivity contribution in [3.05, 3.63) is 0 Å². The van der Waals surface area contributed by atoms with Crippen molar-refractivity contribution in [3.8, 4) is 0 Å². The molecule has 0 heterocycles. The molecule has 0 aliphatic heterocycles. The van der Waals surface area contributed by atoms with Crippen LogP contribution in [0.25, 0.3) is 0 Å². The molecule has 1 aliphatic rings. The number of carbonyl (C=O) groups is 1. The Morgan fingerprint density at radius 1 is 1.45 bits per heavy atom. The predicted molar refractivity (Wildman–Crippen MR) is 43.2 cm³/mol. The van der Waals surface area contributed by atoms with E-state index < -0.39 is 0 Å². The number of carbonyl (C=O) groups excluding carboxylic acids is 1. The van der Waals surface area contributed by atoms with E-state index in [1.807, 2.05) is 13.8 Å². The molecule has 0 aromatic heterocycles. The number of hydrogen-bond acceptors (Lipinski definition) is 2. The third-order valence-electron chi connectivity index (χ3n) is 2.62. The van der Waals surface area contributed by atoms with Gasteiger partial charge in [0.15, 0.2) is 0 Å². The van der Waals surface area contributed by atoms with Crippen molar-refractivity contribution in [2.75, 3.05) is 0 Å². The lowest BCUT2D eigenvalue weighted by molar-refractivity contribution is -0.122. The van der Waals surface area contributed by atoms with Gasteiger partial charge in [-0.1, -0.05) is 13.8 Å². The normalized spacial score (nSPS) is 40.3. The molecule has 0 aromatic carbocycles. The Morgan fingerprint density at radius 2 is 2.09 bits per heavy atom. The molecular formula is C9H16O2. The second kappa shape index (κ2) is 3.35. The Hall–Kier alpha value is -0.370. The van der Waals surface area contributed by atoms with Crippen LogP contribution in [0.5, 0.6) is 0 Å². The first-order chi connectivity index (χ1) is 5.11. The van der Waals surface area contributed by atoms with Crippen molar-refractivity contribution in [1.29, 1.82) is 0 Å². The highest BCUT2D eigenvalue weighted by molar-refractivity contribution is 5.80. The van der Waals surface area contributed by atoms with Crippen LogP contribution in [0.3, 0.4) is 0 Å². The fourth-order valence-corrected chi connectivity index (χ4v) is 1.67. The minimum absolute atomic E-state index is 0.155. The Kier molecular flexibility index (Phi) is 2.66. The van der Waals surface area contributed by atoms with Crippen molar-refractivity contribution in [3.63, 3.8) is 0 Å². The van der Waals surface area contributed by atoms with Gasteiger partial charge in [0.1, 0.15) is 5.78 Å². The Morgan fingerprint density at radius 3 is 2.73 bits per heavy atom. The van der Waals surface area contributed by atoms with E-state index in [1.54, 1.807) is 0 Å². The smallest absolute Gasteiger partial charge is 0.135 e.